The number of sulfonamides is 1. The van der Waals surface area contributed by atoms with Crippen LogP contribution in [0.5, 0.6) is 0 Å². The number of aryl methyl sites for hydroxylation is 1. The molecule has 1 aromatic rings. The molecule has 1 atom stereocenters. The molecular formula is C16H24N4O5S. The minimum Gasteiger partial charge on any atom is -0.354 e. The first kappa shape index (κ1) is 20.3. The molecule has 1 unspecified atom stereocenters. The first-order valence-corrected chi connectivity index (χ1v) is 9.95. The van der Waals surface area contributed by atoms with E-state index in [0.29, 0.717) is 24.9 Å². The standard InChI is InChI=1S/C16H24N4O5S/c1-12-5-6-14(10-15(12)20(22)23)26(24,25)19-9-3-2-4-13(19)11-18-16(21)7-8-17/h5-6,10,13H,2-4,7-9,11,17H2,1H3,(H,18,21). The molecule has 0 aliphatic carbocycles. The number of piperidine rings is 1. The predicted octanol–water partition coefficient (Wildman–Crippen LogP) is 0.911. The number of nitrogens with zero attached hydrogens (tertiary/aromatic N) is 2. The number of amides is 1. The van der Waals surface area contributed by atoms with Gasteiger partial charge in [0.05, 0.1) is 9.82 Å². The molecule has 1 aliphatic heterocycles. The average molecular weight is 384 g/mol. The summed E-state index contributed by atoms with van der Waals surface area (Å²) in [4.78, 5) is 22.1. The second-order valence-corrected chi connectivity index (χ2v) is 8.20. The number of benzene rings is 1. The van der Waals surface area contributed by atoms with E-state index < -0.39 is 14.9 Å². The number of carbonyl (C=O) groups is 1. The van der Waals surface area contributed by atoms with Gasteiger partial charge < -0.3 is 11.1 Å². The van der Waals surface area contributed by atoms with Gasteiger partial charge in [-0.1, -0.05) is 12.5 Å². The number of rotatable bonds is 7. The molecule has 144 valence electrons. The van der Waals surface area contributed by atoms with Crippen LogP contribution in [0, 0.1) is 17.0 Å². The number of nitro benzene ring substituents is 1. The highest BCUT2D eigenvalue weighted by molar-refractivity contribution is 7.89. The molecule has 0 bridgehead atoms. The number of carbonyl (C=O) groups excluding carboxylic acids is 1. The first-order valence-electron chi connectivity index (χ1n) is 8.51. The molecule has 0 spiro atoms. The number of nitro groups is 1. The van der Waals surface area contributed by atoms with Crippen molar-refractivity contribution < 1.29 is 18.1 Å². The van der Waals surface area contributed by atoms with Crippen LogP contribution in [0.15, 0.2) is 23.1 Å². The Bertz CT molecular complexity index is 781. The van der Waals surface area contributed by atoms with Gasteiger partial charge in [-0.3, -0.25) is 14.9 Å². The SMILES string of the molecule is Cc1ccc(S(=O)(=O)N2CCCCC2CNC(=O)CCN)cc1[N+](=O)[O-]. The molecule has 1 aliphatic rings. The number of nitrogens with two attached hydrogens (primary N) is 1. The smallest absolute Gasteiger partial charge is 0.273 e. The van der Waals surface area contributed by atoms with Crippen molar-refractivity contribution in [3.8, 4) is 0 Å². The molecule has 0 aromatic heterocycles. The summed E-state index contributed by atoms with van der Waals surface area (Å²) in [5.74, 6) is -0.221. The molecular weight excluding hydrogens is 360 g/mol. The monoisotopic (exact) mass is 384 g/mol. The minimum atomic E-state index is -3.89. The van der Waals surface area contributed by atoms with E-state index in [1.165, 1.54) is 16.4 Å². The maximum atomic E-state index is 13.0. The quantitative estimate of drug-likeness (QED) is 0.530. The Labute approximate surface area is 152 Å². The topological polar surface area (TPSA) is 136 Å². The van der Waals surface area contributed by atoms with Crippen molar-refractivity contribution in [3.63, 3.8) is 0 Å². The summed E-state index contributed by atoms with van der Waals surface area (Å²) >= 11 is 0. The molecule has 0 saturated carbocycles. The van der Waals surface area contributed by atoms with Crippen LogP contribution in [-0.2, 0) is 14.8 Å². The van der Waals surface area contributed by atoms with E-state index in [4.69, 9.17) is 5.73 Å². The van der Waals surface area contributed by atoms with E-state index in [2.05, 4.69) is 5.32 Å². The van der Waals surface area contributed by atoms with Gasteiger partial charge in [0.15, 0.2) is 0 Å². The van der Waals surface area contributed by atoms with Crippen molar-refractivity contribution in [2.24, 2.45) is 5.73 Å². The molecule has 1 fully saturated rings. The van der Waals surface area contributed by atoms with Crippen LogP contribution < -0.4 is 11.1 Å². The van der Waals surface area contributed by atoms with Gasteiger partial charge in [-0.25, -0.2) is 8.42 Å². The summed E-state index contributed by atoms with van der Waals surface area (Å²) in [6.07, 6.45) is 2.37. The Balaban J connectivity index is 2.26. The number of hydrogen-bond acceptors (Lipinski definition) is 6. The van der Waals surface area contributed by atoms with Crippen LogP contribution in [0.2, 0.25) is 0 Å². The molecule has 1 saturated heterocycles. The van der Waals surface area contributed by atoms with Crippen LogP contribution in [0.3, 0.4) is 0 Å². The van der Waals surface area contributed by atoms with Crippen LogP contribution in [-0.4, -0.2) is 49.2 Å². The van der Waals surface area contributed by atoms with Gasteiger partial charge in [-0.05, 0) is 25.8 Å². The van der Waals surface area contributed by atoms with E-state index in [0.717, 1.165) is 12.5 Å². The molecule has 1 amide bonds. The Morgan fingerprint density at radius 2 is 2.15 bits per heavy atom. The predicted molar refractivity (Wildman–Crippen MR) is 96.0 cm³/mol. The summed E-state index contributed by atoms with van der Waals surface area (Å²) in [7, 11) is -3.89. The van der Waals surface area contributed by atoms with Crippen molar-refractivity contribution >= 4 is 21.6 Å². The highest BCUT2D eigenvalue weighted by Gasteiger charge is 2.34. The third-order valence-corrected chi connectivity index (χ3v) is 6.41. The molecule has 10 heteroatoms. The third kappa shape index (κ3) is 4.57. The maximum Gasteiger partial charge on any atom is 0.273 e. The van der Waals surface area contributed by atoms with Crippen LogP contribution in [0.25, 0.3) is 0 Å². The van der Waals surface area contributed by atoms with Crippen molar-refractivity contribution in [1.29, 1.82) is 0 Å². The highest BCUT2D eigenvalue weighted by Crippen LogP contribution is 2.28. The Morgan fingerprint density at radius 1 is 1.42 bits per heavy atom. The van der Waals surface area contributed by atoms with Gasteiger partial charge in [0.25, 0.3) is 5.69 Å². The lowest BCUT2D eigenvalue weighted by Gasteiger charge is -2.34. The summed E-state index contributed by atoms with van der Waals surface area (Å²) in [5, 5.41) is 13.8. The van der Waals surface area contributed by atoms with Crippen LogP contribution in [0.4, 0.5) is 5.69 Å². The molecule has 9 nitrogen and oxygen atoms in total. The highest BCUT2D eigenvalue weighted by atomic mass is 32.2. The van der Waals surface area contributed by atoms with E-state index in [1.807, 2.05) is 0 Å². The fraction of sp³-hybridized carbons (Fsp3) is 0.562. The molecule has 0 radical (unpaired) electrons. The lowest BCUT2D eigenvalue weighted by molar-refractivity contribution is -0.385. The third-order valence-electron chi connectivity index (χ3n) is 4.46. The second-order valence-electron chi connectivity index (χ2n) is 6.31. The zero-order valence-electron chi connectivity index (χ0n) is 14.7. The van der Waals surface area contributed by atoms with Gasteiger partial charge in [0, 0.05) is 43.7 Å². The zero-order chi connectivity index (χ0) is 19.3. The molecule has 26 heavy (non-hydrogen) atoms. The first-order chi connectivity index (χ1) is 12.3. The molecule has 1 heterocycles. The van der Waals surface area contributed by atoms with Crippen molar-refractivity contribution in [2.75, 3.05) is 19.6 Å². The normalized spacial score (nSPS) is 18.5. The summed E-state index contributed by atoms with van der Waals surface area (Å²) < 4.78 is 27.4. The fourth-order valence-corrected chi connectivity index (χ4v) is 4.74. The number of nitrogens with one attached hydrogen (secondary N) is 1. The van der Waals surface area contributed by atoms with Crippen molar-refractivity contribution in [3.05, 3.63) is 33.9 Å². The second kappa shape index (κ2) is 8.56. The van der Waals surface area contributed by atoms with E-state index in [-0.39, 0.29) is 42.0 Å². The summed E-state index contributed by atoms with van der Waals surface area (Å²) in [5.41, 5.74) is 5.51. The minimum absolute atomic E-state index is 0.102. The number of hydrogen-bond donors (Lipinski definition) is 2. The van der Waals surface area contributed by atoms with E-state index in [9.17, 15) is 23.3 Å². The van der Waals surface area contributed by atoms with Gasteiger partial charge in [-0.15, -0.1) is 0 Å². The summed E-state index contributed by atoms with van der Waals surface area (Å²) in [6.45, 7) is 2.31. The fourth-order valence-electron chi connectivity index (χ4n) is 3.03. The largest absolute Gasteiger partial charge is 0.354 e. The molecule has 1 aromatic carbocycles. The Morgan fingerprint density at radius 3 is 2.81 bits per heavy atom. The van der Waals surface area contributed by atoms with Crippen LogP contribution >= 0.6 is 0 Å². The van der Waals surface area contributed by atoms with Gasteiger partial charge in [0.1, 0.15) is 0 Å². The van der Waals surface area contributed by atoms with Crippen LogP contribution in [0.1, 0.15) is 31.2 Å². The van der Waals surface area contributed by atoms with E-state index in [1.54, 1.807) is 6.92 Å². The average Bonchev–Trinajstić information content (AvgIpc) is 2.60. The lowest BCUT2D eigenvalue weighted by atomic mass is 10.1. The van der Waals surface area contributed by atoms with Gasteiger partial charge >= 0.3 is 0 Å². The Kier molecular flexibility index (Phi) is 6.68. The van der Waals surface area contributed by atoms with Crippen molar-refractivity contribution in [1.82, 2.24) is 9.62 Å². The van der Waals surface area contributed by atoms with Gasteiger partial charge in [0.2, 0.25) is 15.9 Å². The molecule has 3 N–H and O–H groups in total. The lowest BCUT2D eigenvalue weighted by Crippen LogP contribution is -2.49. The van der Waals surface area contributed by atoms with Gasteiger partial charge in [-0.2, -0.15) is 4.31 Å². The Hall–Kier alpha value is -2.04. The van der Waals surface area contributed by atoms with E-state index >= 15 is 0 Å². The molecule has 2 rings (SSSR count). The zero-order valence-corrected chi connectivity index (χ0v) is 15.5. The maximum absolute atomic E-state index is 13.0. The summed E-state index contributed by atoms with van der Waals surface area (Å²) in [6, 6.07) is 3.54. The van der Waals surface area contributed by atoms with Crippen molar-refractivity contribution in [2.45, 2.75) is 43.5 Å².